The van der Waals surface area contributed by atoms with E-state index >= 15 is 0 Å². The molecule has 7 nitrogen and oxygen atoms in total. The lowest BCUT2D eigenvalue weighted by molar-refractivity contribution is 0.0558. The second-order valence-electron chi connectivity index (χ2n) is 3.77. The smallest absolute Gasteiger partial charge is 0.233 e. The maximum atomic E-state index is 6.15. The second kappa shape index (κ2) is 3.70. The van der Waals surface area contributed by atoms with E-state index in [0.717, 1.165) is 0 Å². The summed E-state index contributed by atoms with van der Waals surface area (Å²) < 4.78 is 11.3. The summed E-state index contributed by atoms with van der Waals surface area (Å²) in [5.41, 5.74) is 5.04. The number of nitrogens with zero attached hydrogens (tertiary/aromatic N) is 3. The lowest BCUT2D eigenvalue weighted by Gasteiger charge is -2.24. The van der Waals surface area contributed by atoms with Crippen LogP contribution in [0.3, 0.4) is 0 Å². The Bertz CT molecular complexity index is 515. The van der Waals surface area contributed by atoms with Crippen LogP contribution in [0.1, 0.15) is 12.2 Å². The molecule has 1 atom stereocenters. The van der Waals surface area contributed by atoms with Gasteiger partial charge in [0.25, 0.3) is 0 Å². The summed E-state index contributed by atoms with van der Waals surface area (Å²) in [6.45, 7) is 0.433. The fourth-order valence-electron chi connectivity index (χ4n) is 1.71. The number of aromatic amines is 1. The van der Waals surface area contributed by atoms with Gasteiger partial charge in [-0.2, -0.15) is 5.21 Å². The summed E-state index contributed by atoms with van der Waals surface area (Å²) in [5, 5.41) is 13.6. The van der Waals surface area contributed by atoms with E-state index in [1.807, 2.05) is 18.2 Å². The molecule has 1 unspecified atom stereocenters. The van der Waals surface area contributed by atoms with Crippen LogP contribution in [-0.2, 0) is 5.72 Å². The van der Waals surface area contributed by atoms with E-state index < -0.39 is 5.72 Å². The molecule has 0 saturated carbocycles. The molecule has 0 fully saturated rings. The third-order valence-electron chi connectivity index (χ3n) is 2.60. The van der Waals surface area contributed by atoms with Crippen LogP contribution in [0.25, 0.3) is 0 Å². The quantitative estimate of drug-likeness (QED) is 0.728. The lowest BCUT2D eigenvalue weighted by Crippen LogP contribution is -2.44. The number of rotatable bonds is 1. The van der Waals surface area contributed by atoms with Crippen LogP contribution in [0, 0.1) is 0 Å². The summed E-state index contributed by atoms with van der Waals surface area (Å²) in [7, 11) is 0. The first-order valence-corrected chi connectivity index (χ1v) is 5.22. The Morgan fingerprint density at radius 2 is 2.12 bits per heavy atom. The van der Waals surface area contributed by atoms with Crippen molar-refractivity contribution in [3.63, 3.8) is 0 Å². The zero-order chi connectivity index (χ0) is 11.7. The van der Waals surface area contributed by atoms with Gasteiger partial charge in [-0.3, -0.25) is 5.73 Å². The molecular weight excluding hydrogens is 222 g/mol. The van der Waals surface area contributed by atoms with Gasteiger partial charge < -0.3 is 9.47 Å². The zero-order valence-electron chi connectivity index (χ0n) is 8.96. The highest BCUT2D eigenvalue weighted by Crippen LogP contribution is 2.35. The Morgan fingerprint density at radius 1 is 1.29 bits per heavy atom. The number of hydrogen-bond acceptors (Lipinski definition) is 6. The van der Waals surface area contributed by atoms with Crippen molar-refractivity contribution in [2.24, 2.45) is 5.73 Å². The molecule has 88 valence electrons. The highest BCUT2D eigenvalue weighted by Gasteiger charge is 2.37. The molecule has 0 saturated heterocycles. The van der Waals surface area contributed by atoms with Gasteiger partial charge in [0, 0.05) is 6.42 Å². The van der Waals surface area contributed by atoms with Crippen LogP contribution < -0.4 is 15.2 Å². The first-order chi connectivity index (χ1) is 8.28. The van der Waals surface area contributed by atoms with E-state index in [1.54, 1.807) is 6.07 Å². The second-order valence-corrected chi connectivity index (χ2v) is 3.77. The van der Waals surface area contributed by atoms with Gasteiger partial charge in [-0.1, -0.05) is 12.1 Å². The summed E-state index contributed by atoms with van der Waals surface area (Å²) in [6.07, 6.45) is 0.446. The van der Waals surface area contributed by atoms with Crippen molar-refractivity contribution < 1.29 is 9.47 Å². The number of fused-ring (bicyclic) bond motifs is 1. The number of nitrogens with one attached hydrogen (secondary N) is 1. The first-order valence-electron chi connectivity index (χ1n) is 5.22. The SMILES string of the molecule is NC1(c2nn[nH]n2)CCOc2ccccc2O1. The van der Waals surface area contributed by atoms with E-state index in [2.05, 4.69) is 20.6 Å². The van der Waals surface area contributed by atoms with E-state index in [4.69, 9.17) is 15.2 Å². The molecule has 3 N–H and O–H groups in total. The molecular formula is C10H11N5O2. The number of ether oxygens (including phenoxy) is 2. The summed E-state index contributed by atoms with van der Waals surface area (Å²) in [5.74, 6) is 1.57. The molecule has 1 aromatic heterocycles. The predicted molar refractivity (Wildman–Crippen MR) is 57.2 cm³/mol. The molecule has 2 aromatic rings. The van der Waals surface area contributed by atoms with Crippen molar-refractivity contribution >= 4 is 0 Å². The number of hydrogen-bond donors (Lipinski definition) is 2. The lowest BCUT2D eigenvalue weighted by atomic mass is 10.1. The van der Waals surface area contributed by atoms with Gasteiger partial charge in [-0.05, 0) is 17.3 Å². The van der Waals surface area contributed by atoms with Gasteiger partial charge in [0.15, 0.2) is 11.5 Å². The van der Waals surface area contributed by atoms with Gasteiger partial charge in [0.2, 0.25) is 11.5 Å². The normalized spacial score (nSPS) is 23.1. The minimum Gasteiger partial charge on any atom is -0.489 e. The fraction of sp³-hybridized carbons (Fsp3) is 0.300. The molecule has 0 bridgehead atoms. The van der Waals surface area contributed by atoms with Crippen molar-refractivity contribution in [2.75, 3.05) is 6.61 Å². The maximum absolute atomic E-state index is 6.15. The Morgan fingerprint density at radius 3 is 2.88 bits per heavy atom. The van der Waals surface area contributed by atoms with Crippen LogP contribution >= 0.6 is 0 Å². The highest BCUT2D eigenvalue weighted by atomic mass is 16.6. The van der Waals surface area contributed by atoms with Gasteiger partial charge in [0.05, 0.1) is 6.61 Å². The van der Waals surface area contributed by atoms with Crippen LogP contribution in [-0.4, -0.2) is 27.2 Å². The van der Waals surface area contributed by atoms with Crippen molar-refractivity contribution in [1.29, 1.82) is 0 Å². The number of aromatic nitrogens is 4. The number of nitrogens with two attached hydrogens (primary N) is 1. The Balaban J connectivity index is 2.00. The number of H-pyrrole nitrogens is 1. The van der Waals surface area contributed by atoms with Crippen molar-refractivity contribution in [1.82, 2.24) is 20.6 Å². The largest absolute Gasteiger partial charge is 0.489 e. The molecule has 0 aliphatic carbocycles. The molecule has 17 heavy (non-hydrogen) atoms. The van der Waals surface area contributed by atoms with E-state index in [0.29, 0.717) is 30.4 Å². The topological polar surface area (TPSA) is 98.9 Å². The Kier molecular flexibility index (Phi) is 2.19. The maximum Gasteiger partial charge on any atom is 0.233 e. The third kappa shape index (κ3) is 1.70. The first kappa shape index (κ1) is 10.0. The van der Waals surface area contributed by atoms with E-state index in [9.17, 15) is 0 Å². The van der Waals surface area contributed by atoms with Gasteiger partial charge in [-0.15, -0.1) is 10.2 Å². The molecule has 0 radical (unpaired) electrons. The van der Waals surface area contributed by atoms with E-state index in [1.165, 1.54) is 0 Å². The summed E-state index contributed by atoms with van der Waals surface area (Å²) in [6, 6.07) is 7.35. The Hall–Kier alpha value is -2.15. The summed E-state index contributed by atoms with van der Waals surface area (Å²) >= 11 is 0. The number of benzene rings is 1. The summed E-state index contributed by atoms with van der Waals surface area (Å²) in [4.78, 5) is 0. The van der Waals surface area contributed by atoms with Crippen LogP contribution in [0.2, 0.25) is 0 Å². The zero-order valence-corrected chi connectivity index (χ0v) is 8.96. The van der Waals surface area contributed by atoms with Gasteiger partial charge >= 0.3 is 0 Å². The monoisotopic (exact) mass is 233 g/mol. The fourth-order valence-corrected chi connectivity index (χ4v) is 1.71. The Labute approximate surface area is 96.9 Å². The van der Waals surface area contributed by atoms with Gasteiger partial charge in [0.1, 0.15) is 0 Å². The average molecular weight is 233 g/mol. The molecule has 1 aromatic carbocycles. The molecule has 2 heterocycles. The standard InChI is InChI=1S/C10H11N5O2/c11-10(9-12-14-15-13-9)5-6-16-7-3-1-2-4-8(7)17-10/h1-4H,5-6,11H2,(H,12,13,14,15). The molecule has 0 spiro atoms. The molecule has 1 aliphatic heterocycles. The van der Waals surface area contributed by atoms with Crippen LogP contribution in [0.5, 0.6) is 11.5 Å². The third-order valence-corrected chi connectivity index (χ3v) is 2.60. The molecule has 1 aliphatic rings. The van der Waals surface area contributed by atoms with Crippen molar-refractivity contribution in [3.05, 3.63) is 30.1 Å². The van der Waals surface area contributed by atoms with Crippen LogP contribution in [0.4, 0.5) is 0 Å². The number of tetrazole rings is 1. The molecule has 3 rings (SSSR count). The molecule has 7 heteroatoms. The molecule has 0 amide bonds. The predicted octanol–water partition coefficient (Wildman–Crippen LogP) is 0.173. The number of para-hydroxylation sites is 2. The highest BCUT2D eigenvalue weighted by molar-refractivity contribution is 5.40. The minimum atomic E-state index is -1.11. The average Bonchev–Trinajstić information content (AvgIpc) is 2.80. The van der Waals surface area contributed by atoms with Crippen molar-refractivity contribution in [3.8, 4) is 11.5 Å². The van der Waals surface area contributed by atoms with Crippen molar-refractivity contribution in [2.45, 2.75) is 12.1 Å². The van der Waals surface area contributed by atoms with E-state index in [-0.39, 0.29) is 0 Å². The minimum absolute atomic E-state index is 0.317. The van der Waals surface area contributed by atoms with Crippen LogP contribution in [0.15, 0.2) is 24.3 Å². The van der Waals surface area contributed by atoms with Gasteiger partial charge in [-0.25, -0.2) is 0 Å².